The maximum absolute atomic E-state index is 13.0. The van der Waals surface area contributed by atoms with Gasteiger partial charge in [0, 0.05) is 5.02 Å². The van der Waals surface area contributed by atoms with E-state index in [-0.39, 0.29) is 10.4 Å². The number of halogens is 4. The maximum Gasteiger partial charge on any atom is 0.179 e. The standard InChI is InChI=1S/C8H4BrClF2O/c9-3-7(13)8-5(11)1-4(10)2-6(8)12/h1-2H,3H2. The minimum Gasteiger partial charge on any atom is -0.293 e. The summed E-state index contributed by atoms with van der Waals surface area (Å²) in [4.78, 5) is 11.0. The van der Waals surface area contributed by atoms with Gasteiger partial charge in [0.2, 0.25) is 0 Å². The zero-order chi connectivity index (χ0) is 10.0. The van der Waals surface area contributed by atoms with Gasteiger partial charge in [-0.05, 0) is 12.1 Å². The molecule has 0 saturated carbocycles. The monoisotopic (exact) mass is 268 g/mol. The van der Waals surface area contributed by atoms with Gasteiger partial charge in [-0.3, -0.25) is 4.79 Å². The molecule has 1 rings (SSSR count). The molecule has 0 aliphatic rings. The van der Waals surface area contributed by atoms with Crippen LogP contribution in [0.5, 0.6) is 0 Å². The zero-order valence-corrected chi connectivity index (χ0v) is 8.62. The Bertz CT molecular complexity index is 331. The molecule has 0 spiro atoms. The molecular formula is C8H4BrClF2O. The number of alkyl halides is 1. The molecule has 0 unspecified atom stereocenters. The van der Waals surface area contributed by atoms with Gasteiger partial charge in [-0.2, -0.15) is 0 Å². The van der Waals surface area contributed by atoms with Crippen molar-refractivity contribution in [1.29, 1.82) is 0 Å². The molecule has 1 nitrogen and oxygen atoms in total. The molecule has 0 fully saturated rings. The Morgan fingerprint density at radius 2 is 1.85 bits per heavy atom. The van der Waals surface area contributed by atoms with Crippen LogP contribution in [0, 0.1) is 11.6 Å². The summed E-state index contributed by atoms with van der Waals surface area (Å²) in [6.45, 7) is 0. The Labute approximate surface area is 86.8 Å². The third kappa shape index (κ3) is 2.25. The highest BCUT2D eigenvalue weighted by Crippen LogP contribution is 2.19. The second kappa shape index (κ2) is 4.15. The molecule has 5 heteroatoms. The van der Waals surface area contributed by atoms with Gasteiger partial charge in [0.1, 0.15) is 11.6 Å². The fraction of sp³-hybridized carbons (Fsp3) is 0.125. The summed E-state index contributed by atoms with van der Waals surface area (Å²) in [6.07, 6.45) is 0. The minimum absolute atomic E-state index is 0.0684. The van der Waals surface area contributed by atoms with Crippen LogP contribution in [0.2, 0.25) is 5.02 Å². The third-order valence-electron chi connectivity index (χ3n) is 1.41. The van der Waals surface area contributed by atoms with E-state index in [1.165, 1.54) is 0 Å². The molecular weight excluding hydrogens is 265 g/mol. The smallest absolute Gasteiger partial charge is 0.179 e. The van der Waals surface area contributed by atoms with Gasteiger partial charge in [0.25, 0.3) is 0 Å². The van der Waals surface area contributed by atoms with Crippen molar-refractivity contribution in [2.75, 3.05) is 5.33 Å². The van der Waals surface area contributed by atoms with Crippen molar-refractivity contribution in [2.24, 2.45) is 0 Å². The van der Waals surface area contributed by atoms with Gasteiger partial charge in [-0.25, -0.2) is 8.78 Å². The summed E-state index contributed by atoms with van der Waals surface area (Å²) in [5.41, 5.74) is -0.554. The summed E-state index contributed by atoms with van der Waals surface area (Å²) in [6, 6.07) is 1.81. The van der Waals surface area contributed by atoms with Crippen LogP contribution < -0.4 is 0 Å². The summed E-state index contributed by atoms with van der Waals surface area (Å²) in [7, 11) is 0. The van der Waals surface area contributed by atoms with Gasteiger partial charge < -0.3 is 0 Å². The molecule has 0 amide bonds. The lowest BCUT2D eigenvalue weighted by atomic mass is 10.1. The van der Waals surface area contributed by atoms with Crippen molar-refractivity contribution in [3.8, 4) is 0 Å². The SMILES string of the molecule is O=C(CBr)c1c(F)cc(Cl)cc1F. The van der Waals surface area contributed by atoms with E-state index in [0.717, 1.165) is 12.1 Å². The van der Waals surface area contributed by atoms with Gasteiger partial charge in [0.05, 0.1) is 10.9 Å². The van der Waals surface area contributed by atoms with Gasteiger partial charge in [-0.1, -0.05) is 27.5 Å². The van der Waals surface area contributed by atoms with E-state index in [1.54, 1.807) is 0 Å². The minimum atomic E-state index is -0.936. The molecule has 0 N–H and O–H groups in total. The van der Waals surface area contributed by atoms with Crippen LogP contribution in [-0.2, 0) is 0 Å². The summed E-state index contributed by atoms with van der Waals surface area (Å²) >= 11 is 8.19. The molecule has 0 saturated heterocycles. The molecule has 0 aliphatic heterocycles. The van der Waals surface area contributed by atoms with Gasteiger partial charge in [0.15, 0.2) is 5.78 Å². The summed E-state index contributed by atoms with van der Waals surface area (Å²) in [5, 5.41) is -0.191. The van der Waals surface area contributed by atoms with E-state index < -0.39 is 23.0 Å². The number of benzene rings is 1. The van der Waals surface area contributed by atoms with Crippen LogP contribution in [0.1, 0.15) is 10.4 Å². The highest BCUT2D eigenvalue weighted by Gasteiger charge is 2.16. The number of hydrogen-bond donors (Lipinski definition) is 0. The Kier molecular flexibility index (Phi) is 3.39. The Balaban J connectivity index is 3.28. The van der Waals surface area contributed by atoms with E-state index in [0.29, 0.717) is 0 Å². The first-order valence-corrected chi connectivity index (χ1v) is 4.80. The molecule has 13 heavy (non-hydrogen) atoms. The zero-order valence-electron chi connectivity index (χ0n) is 6.28. The van der Waals surface area contributed by atoms with Crippen LogP contribution in [0.15, 0.2) is 12.1 Å². The summed E-state index contributed by atoms with van der Waals surface area (Å²) < 4.78 is 26.0. The van der Waals surface area contributed by atoms with E-state index in [4.69, 9.17) is 11.6 Å². The van der Waals surface area contributed by atoms with Crippen LogP contribution >= 0.6 is 27.5 Å². The van der Waals surface area contributed by atoms with E-state index in [9.17, 15) is 13.6 Å². The molecule has 0 aliphatic carbocycles. The number of rotatable bonds is 2. The molecule has 70 valence electrons. The molecule has 1 aromatic rings. The molecule has 0 radical (unpaired) electrons. The van der Waals surface area contributed by atoms with Crippen molar-refractivity contribution in [3.63, 3.8) is 0 Å². The molecule has 0 atom stereocenters. The Morgan fingerprint density at radius 3 is 2.23 bits per heavy atom. The Morgan fingerprint density at radius 1 is 1.38 bits per heavy atom. The highest BCUT2D eigenvalue weighted by atomic mass is 79.9. The second-order valence-corrected chi connectivity index (χ2v) is 3.30. The highest BCUT2D eigenvalue weighted by molar-refractivity contribution is 9.09. The number of hydrogen-bond acceptors (Lipinski definition) is 1. The van der Waals surface area contributed by atoms with E-state index in [2.05, 4.69) is 15.9 Å². The molecule has 1 aromatic carbocycles. The topological polar surface area (TPSA) is 17.1 Å². The maximum atomic E-state index is 13.0. The first kappa shape index (κ1) is 10.6. The molecule has 0 heterocycles. The number of carbonyl (C=O) groups excluding carboxylic acids is 1. The van der Waals surface area contributed by atoms with Crippen LogP contribution in [0.4, 0.5) is 8.78 Å². The number of ketones is 1. The first-order chi connectivity index (χ1) is 6.06. The van der Waals surface area contributed by atoms with Crippen molar-refractivity contribution in [2.45, 2.75) is 0 Å². The van der Waals surface area contributed by atoms with Crippen molar-refractivity contribution in [3.05, 3.63) is 34.4 Å². The number of carbonyl (C=O) groups is 1. The second-order valence-electron chi connectivity index (χ2n) is 2.30. The molecule has 0 bridgehead atoms. The average Bonchev–Trinajstić information content (AvgIpc) is 2.02. The first-order valence-electron chi connectivity index (χ1n) is 3.30. The normalized spacial score (nSPS) is 10.2. The largest absolute Gasteiger partial charge is 0.293 e. The van der Waals surface area contributed by atoms with Crippen LogP contribution in [-0.4, -0.2) is 11.1 Å². The van der Waals surface area contributed by atoms with Crippen molar-refractivity contribution < 1.29 is 13.6 Å². The average molecular weight is 269 g/mol. The van der Waals surface area contributed by atoms with Crippen molar-refractivity contribution in [1.82, 2.24) is 0 Å². The third-order valence-corrected chi connectivity index (χ3v) is 2.13. The lowest BCUT2D eigenvalue weighted by molar-refractivity contribution is 0.101. The Hall–Kier alpha value is -0.480. The van der Waals surface area contributed by atoms with E-state index >= 15 is 0 Å². The van der Waals surface area contributed by atoms with E-state index in [1.807, 2.05) is 0 Å². The van der Waals surface area contributed by atoms with Gasteiger partial charge >= 0.3 is 0 Å². The predicted octanol–water partition coefficient (Wildman–Crippen LogP) is 3.20. The quantitative estimate of drug-likeness (QED) is 0.595. The fourth-order valence-corrected chi connectivity index (χ4v) is 1.35. The molecule has 0 aromatic heterocycles. The number of Topliss-reactive ketones (excluding diaryl/α,β-unsaturated/α-hetero) is 1. The fourth-order valence-electron chi connectivity index (χ4n) is 0.875. The summed E-state index contributed by atoms with van der Waals surface area (Å²) in [5.74, 6) is -2.52. The predicted molar refractivity (Wildman–Crippen MR) is 49.5 cm³/mol. The van der Waals surface area contributed by atoms with Crippen molar-refractivity contribution >= 4 is 33.3 Å². The lowest BCUT2D eigenvalue weighted by Gasteiger charge is -2.01. The lowest BCUT2D eigenvalue weighted by Crippen LogP contribution is -2.06. The van der Waals surface area contributed by atoms with Gasteiger partial charge in [-0.15, -0.1) is 0 Å². The van der Waals surface area contributed by atoms with Crippen LogP contribution in [0.25, 0.3) is 0 Å². The van der Waals surface area contributed by atoms with Crippen LogP contribution in [0.3, 0.4) is 0 Å².